The molecule has 0 aliphatic heterocycles. The summed E-state index contributed by atoms with van der Waals surface area (Å²) >= 11 is 5.89. The van der Waals surface area contributed by atoms with Crippen molar-refractivity contribution in [2.75, 3.05) is 5.32 Å². The van der Waals surface area contributed by atoms with Gasteiger partial charge in [0.1, 0.15) is 0 Å². The monoisotopic (exact) mass is 378 g/mol. The molecule has 1 fully saturated rings. The Kier molecular flexibility index (Phi) is 5.40. The minimum Gasteiger partial charge on any atom is -0.326 e. The maximum Gasteiger partial charge on any atom is 0.224 e. The molecule has 3 aromatic rings. The van der Waals surface area contributed by atoms with Crippen LogP contribution in [0.15, 0.2) is 60.8 Å². The lowest BCUT2D eigenvalue weighted by Crippen LogP contribution is -2.21. The lowest BCUT2D eigenvalue weighted by Gasteiger charge is -2.28. The fourth-order valence-electron chi connectivity index (χ4n) is 4.12. The SMILES string of the molecule is O=C(C[C@H]1CC[C@H](c2nccc3ccccc32)CC1)Nc1ccc(Cl)cc1. The summed E-state index contributed by atoms with van der Waals surface area (Å²) in [6, 6.07) is 17.8. The maximum atomic E-state index is 12.3. The second-order valence-corrected chi connectivity index (χ2v) is 7.83. The zero-order valence-electron chi connectivity index (χ0n) is 15.2. The summed E-state index contributed by atoms with van der Waals surface area (Å²) in [4.78, 5) is 17.0. The fraction of sp³-hybridized carbons (Fsp3) is 0.304. The highest BCUT2D eigenvalue weighted by Crippen LogP contribution is 2.38. The normalized spacial score (nSPS) is 19.7. The molecule has 0 atom stereocenters. The van der Waals surface area contributed by atoms with Crippen molar-refractivity contribution in [2.45, 2.75) is 38.0 Å². The molecule has 0 spiro atoms. The predicted molar refractivity (Wildman–Crippen MR) is 111 cm³/mol. The van der Waals surface area contributed by atoms with Gasteiger partial charge in [-0.05, 0) is 67.3 Å². The van der Waals surface area contributed by atoms with Gasteiger partial charge in [-0.25, -0.2) is 0 Å². The summed E-state index contributed by atoms with van der Waals surface area (Å²) in [6.45, 7) is 0. The van der Waals surface area contributed by atoms with Gasteiger partial charge in [0.2, 0.25) is 5.91 Å². The van der Waals surface area contributed by atoms with Crippen molar-refractivity contribution in [3.63, 3.8) is 0 Å². The van der Waals surface area contributed by atoms with Crippen LogP contribution in [0, 0.1) is 5.92 Å². The lowest BCUT2D eigenvalue weighted by atomic mass is 9.78. The molecule has 1 heterocycles. The Morgan fingerprint density at radius 2 is 1.74 bits per heavy atom. The number of rotatable bonds is 4. The van der Waals surface area contributed by atoms with Gasteiger partial charge >= 0.3 is 0 Å². The molecule has 1 saturated carbocycles. The molecule has 2 aromatic carbocycles. The molecule has 138 valence electrons. The molecule has 4 heteroatoms. The first-order valence-electron chi connectivity index (χ1n) is 9.58. The molecular formula is C23H23ClN2O. The zero-order valence-corrected chi connectivity index (χ0v) is 16.0. The van der Waals surface area contributed by atoms with Crippen molar-refractivity contribution in [1.29, 1.82) is 0 Å². The number of fused-ring (bicyclic) bond motifs is 1. The first-order valence-corrected chi connectivity index (χ1v) is 9.96. The summed E-state index contributed by atoms with van der Waals surface area (Å²) in [5.74, 6) is 1.03. The van der Waals surface area contributed by atoms with Gasteiger partial charge in [-0.2, -0.15) is 0 Å². The van der Waals surface area contributed by atoms with E-state index in [1.807, 2.05) is 18.3 Å². The van der Waals surface area contributed by atoms with E-state index in [0.29, 0.717) is 23.3 Å². The van der Waals surface area contributed by atoms with Gasteiger partial charge in [0.25, 0.3) is 0 Å². The van der Waals surface area contributed by atoms with Crippen molar-refractivity contribution in [1.82, 2.24) is 4.98 Å². The largest absolute Gasteiger partial charge is 0.326 e. The van der Waals surface area contributed by atoms with E-state index in [1.54, 1.807) is 12.1 Å². The number of nitrogens with zero attached hydrogens (tertiary/aromatic N) is 1. The van der Waals surface area contributed by atoms with Crippen LogP contribution >= 0.6 is 11.6 Å². The summed E-state index contributed by atoms with van der Waals surface area (Å²) in [5, 5.41) is 6.17. The number of hydrogen-bond acceptors (Lipinski definition) is 2. The lowest BCUT2D eigenvalue weighted by molar-refractivity contribution is -0.117. The number of pyridine rings is 1. The third-order valence-corrected chi connectivity index (χ3v) is 5.79. The Morgan fingerprint density at radius 1 is 1.00 bits per heavy atom. The summed E-state index contributed by atoms with van der Waals surface area (Å²) in [5.41, 5.74) is 2.02. The van der Waals surface area contributed by atoms with Gasteiger partial charge in [0.05, 0.1) is 5.69 Å². The molecule has 1 aromatic heterocycles. The Labute approximate surface area is 164 Å². The first-order chi connectivity index (χ1) is 13.2. The number of nitrogens with one attached hydrogen (secondary N) is 1. The van der Waals surface area contributed by atoms with E-state index in [-0.39, 0.29) is 5.91 Å². The van der Waals surface area contributed by atoms with Crippen molar-refractivity contribution in [2.24, 2.45) is 5.92 Å². The number of hydrogen-bond donors (Lipinski definition) is 1. The number of amides is 1. The fourth-order valence-corrected chi connectivity index (χ4v) is 4.24. The van der Waals surface area contributed by atoms with E-state index in [9.17, 15) is 4.79 Å². The molecular weight excluding hydrogens is 356 g/mol. The van der Waals surface area contributed by atoms with Crippen molar-refractivity contribution in [3.8, 4) is 0 Å². The third-order valence-electron chi connectivity index (χ3n) is 5.54. The highest BCUT2D eigenvalue weighted by Gasteiger charge is 2.25. The smallest absolute Gasteiger partial charge is 0.224 e. The Bertz CT molecular complexity index is 925. The van der Waals surface area contributed by atoms with E-state index in [4.69, 9.17) is 11.6 Å². The molecule has 0 unspecified atom stereocenters. The molecule has 3 nitrogen and oxygen atoms in total. The van der Waals surface area contributed by atoms with Crippen LogP contribution in [0.25, 0.3) is 10.8 Å². The molecule has 1 N–H and O–H groups in total. The van der Waals surface area contributed by atoms with Crippen LogP contribution in [0.3, 0.4) is 0 Å². The van der Waals surface area contributed by atoms with Gasteiger partial charge in [-0.1, -0.05) is 35.9 Å². The van der Waals surface area contributed by atoms with Crippen LogP contribution in [0.5, 0.6) is 0 Å². The molecule has 1 aliphatic carbocycles. The number of carbonyl (C=O) groups excluding carboxylic acids is 1. The summed E-state index contributed by atoms with van der Waals surface area (Å²) in [7, 11) is 0. The average Bonchev–Trinajstić information content (AvgIpc) is 2.70. The van der Waals surface area contributed by atoms with Crippen LogP contribution in [-0.2, 0) is 4.79 Å². The van der Waals surface area contributed by atoms with Crippen LogP contribution in [-0.4, -0.2) is 10.9 Å². The van der Waals surface area contributed by atoms with E-state index in [1.165, 1.54) is 16.5 Å². The minimum atomic E-state index is 0.0871. The molecule has 27 heavy (non-hydrogen) atoms. The Morgan fingerprint density at radius 3 is 2.52 bits per heavy atom. The molecule has 4 rings (SSSR count). The van der Waals surface area contributed by atoms with Gasteiger partial charge in [0.15, 0.2) is 0 Å². The minimum absolute atomic E-state index is 0.0871. The number of carbonyl (C=O) groups is 1. The molecule has 0 bridgehead atoms. The second kappa shape index (κ2) is 8.10. The number of anilines is 1. The van der Waals surface area contributed by atoms with E-state index in [0.717, 1.165) is 31.4 Å². The standard InChI is InChI=1S/C23H23ClN2O/c24-19-9-11-20(12-10-19)26-22(27)15-16-5-7-18(8-6-16)23-21-4-2-1-3-17(21)13-14-25-23/h1-4,9-14,16,18H,5-8,15H2,(H,26,27)/t16-,18-. The van der Waals surface area contributed by atoms with Crippen LogP contribution in [0.4, 0.5) is 5.69 Å². The van der Waals surface area contributed by atoms with Gasteiger partial charge in [0, 0.05) is 34.6 Å². The molecule has 0 radical (unpaired) electrons. The zero-order chi connectivity index (χ0) is 18.6. The molecule has 1 aliphatic rings. The van der Waals surface area contributed by atoms with E-state index >= 15 is 0 Å². The molecule has 1 amide bonds. The van der Waals surface area contributed by atoms with E-state index < -0.39 is 0 Å². The van der Waals surface area contributed by atoms with Crippen molar-refractivity contribution in [3.05, 3.63) is 71.5 Å². The topological polar surface area (TPSA) is 42.0 Å². The third kappa shape index (κ3) is 4.30. The Balaban J connectivity index is 1.34. The van der Waals surface area contributed by atoms with E-state index in [2.05, 4.69) is 40.6 Å². The number of aromatic nitrogens is 1. The van der Waals surface area contributed by atoms with Gasteiger partial charge in [-0.15, -0.1) is 0 Å². The van der Waals surface area contributed by atoms with Crippen molar-refractivity contribution < 1.29 is 4.79 Å². The number of benzene rings is 2. The second-order valence-electron chi connectivity index (χ2n) is 7.39. The predicted octanol–water partition coefficient (Wildman–Crippen LogP) is 6.19. The van der Waals surface area contributed by atoms with Crippen LogP contribution in [0.1, 0.15) is 43.7 Å². The first kappa shape index (κ1) is 18.0. The Hall–Kier alpha value is -2.39. The average molecular weight is 379 g/mol. The highest BCUT2D eigenvalue weighted by atomic mass is 35.5. The summed E-state index contributed by atoms with van der Waals surface area (Å²) < 4.78 is 0. The maximum absolute atomic E-state index is 12.3. The van der Waals surface area contributed by atoms with Crippen LogP contribution in [0.2, 0.25) is 5.02 Å². The van der Waals surface area contributed by atoms with Crippen molar-refractivity contribution >= 4 is 34.0 Å². The quantitative estimate of drug-likeness (QED) is 0.588. The number of halogens is 1. The summed E-state index contributed by atoms with van der Waals surface area (Å²) in [6.07, 6.45) is 6.84. The van der Waals surface area contributed by atoms with Crippen LogP contribution < -0.4 is 5.32 Å². The van der Waals surface area contributed by atoms with Gasteiger partial charge in [-0.3, -0.25) is 9.78 Å². The highest BCUT2D eigenvalue weighted by molar-refractivity contribution is 6.30. The van der Waals surface area contributed by atoms with Gasteiger partial charge < -0.3 is 5.32 Å². The molecule has 0 saturated heterocycles.